The molecule has 0 aliphatic heterocycles. The van der Waals surface area contributed by atoms with Crippen LogP contribution in [0.2, 0.25) is 0 Å². The van der Waals surface area contributed by atoms with E-state index in [1.807, 2.05) is 6.92 Å². The van der Waals surface area contributed by atoms with E-state index in [9.17, 15) is 4.79 Å². The van der Waals surface area contributed by atoms with Crippen molar-refractivity contribution in [3.8, 4) is 12.3 Å². The van der Waals surface area contributed by atoms with Gasteiger partial charge >= 0.3 is 0 Å². The Labute approximate surface area is 49.4 Å². The van der Waals surface area contributed by atoms with Gasteiger partial charge in [0.1, 0.15) is 6.29 Å². The molecule has 0 amide bonds. The quantitative estimate of drug-likeness (QED) is 0.293. The van der Waals surface area contributed by atoms with E-state index in [-0.39, 0.29) is 5.92 Å². The number of hydrogen-bond donors (Lipinski definition) is 0. The second kappa shape index (κ2) is 4.14. The highest BCUT2D eigenvalue weighted by Crippen LogP contribution is 1.89. The van der Waals surface area contributed by atoms with E-state index >= 15 is 0 Å². The molecule has 0 rings (SSSR count). The number of aldehydes is 1. The summed E-state index contributed by atoms with van der Waals surface area (Å²) in [5, 5.41) is 0. The van der Waals surface area contributed by atoms with Gasteiger partial charge < -0.3 is 4.79 Å². The topological polar surface area (TPSA) is 17.1 Å². The zero-order chi connectivity index (χ0) is 6.41. The van der Waals surface area contributed by atoms with Gasteiger partial charge in [-0.3, -0.25) is 0 Å². The number of carbonyl (C=O) groups excluding carboxylic acids is 1. The normalized spacial score (nSPS) is 13.0. The molecule has 1 nitrogen and oxygen atoms in total. The van der Waals surface area contributed by atoms with Gasteiger partial charge in [-0.2, -0.15) is 0 Å². The Kier molecular flexibility index (Phi) is 3.60. The van der Waals surface area contributed by atoms with Gasteiger partial charge in [0.25, 0.3) is 0 Å². The van der Waals surface area contributed by atoms with Crippen molar-refractivity contribution < 1.29 is 4.79 Å². The molecule has 0 fully saturated rings. The van der Waals surface area contributed by atoms with Crippen LogP contribution in [0.4, 0.5) is 0 Å². The van der Waals surface area contributed by atoms with Crippen LogP contribution in [0.3, 0.4) is 0 Å². The van der Waals surface area contributed by atoms with Crippen molar-refractivity contribution in [2.45, 2.75) is 6.92 Å². The molecule has 1 atom stereocenters. The minimum atomic E-state index is -0.333. The SMILES string of the molecule is C#CC(C=O)/C=C\C. The summed E-state index contributed by atoms with van der Waals surface area (Å²) in [6.07, 6.45) is 9.11. The van der Waals surface area contributed by atoms with Crippen LogP contribution in [0.15, 0.2) is 12.2 Å². The smallest absolute Gasteiger partial charge is 0.138 e. The van der Waals surface area contributed by atoms with Crippen molar-refractivity contribution in [1.29, 1.82) is 0 Å². The fraction of sp³-hybridized carbons (Fsp3) is 0.286. The second-order valence-corrected chi connectivity index (χ2v) is 1.35. The number of allylic oxidation sites excluding steroid dienone is 2. The minimum absolute atomic E-state index is 0.333. The summed E-state index contributed by atoms with van der Waals surface area (Å²) in [5.41, 5.74) is 0. The summed E-state index contributed by atoms with van der Waals surface area (Å²) in [4.78, 5) is 9.93. The minimum Gasteiger partial charge on any atom is -0.302 e. The first-order chi connectivity index (χ1) is 3.85. The third-order valence-corrected chi connectivity index (χ3v) is 0.739. The van der Waals surface area contributed by atoms with Gasteiger partial charge in [-0.15, -0.1) is 6.42 Å². The van der Waals surface area contributed by atoms with E-state index in [1.165, 1.54) is 0 Å². The van der Waals surface area contributed by atoms with Crippen molar-refractivity contribution in [2.24, 2.45) is 5.92 Å². The van der Waals surface area contributed by atoms with E-state index in [4.69, 9.17) is 6.42 Å². The molecule has 0 aromatic heterocycles. The van der Waals surface area contributed by atoms with Gasteiger partial charge in [0, 0.05) is 0 Å². The Morgan fingerprint density at radius 3 is 2.50 bits per heavy atom. The van der Waals surface area contributed by atoms with Gasteiger partial charge in [-0.1, -0.05) is 18.1 Å². The Morgan fingerprint density at radius 2 is 2.38 bits per heavy atom. The number of carbonyl (C=O) groups is 1. The van der Waals surface area contributed by atoms with Crippen molar-refractivity contribution in [3.63, 3.8) is 0 Å². The lowest BCUT2D eigenvalue weighted by atomic mass is 10.2. The average Bonchev–Trinajstić information content (AvgIpc) is 1.83. The molecule has 0 saturated heterocycles. The van der Waals surface area contributed by atoms with Crippen molar-refractivity contribution in [1.82, 2.24) is 0 Å². The zero-order valence-corrected chi connectivity index (χ0v) is 4.79. The highest BCUT2D eigenvalue weighted by Gasteiger charge is 1.91. The predicted molar refractivity (Wildman–Crippen MR) is 33.2 cm³/mol. The van der Waals surface area contributed by atoms with Crippen molar-refractivity contribution >= 4 is 6.29 Å². The molecule has 1 unspecified atom stereocenters. The molecule has 0 saturated carbocycles. The molecule has 0 N–H and O–H groups in total. The first-order valence-corrected chi connectivity index (χ1v) is 2.39. The van der Waals surface area contributed by atoms with Gasteiger partial charge in [-0.05, 0) is 6.92 Å². The average molecular weight is 108 g/mol. The first-order valence-electron chi connectivity index (χ1n) is 2.39. The van der Waals surface area contributed by atoms with Crippen LogP contribution in [0, 0.1) is 18.3 Å². The summed E-state index contributed by atoms with van der Waals surface area (Å²) in [7, 11) is 0. The monoisotopic (exact) mass is 108 g/mol. The van der Waals surface area contributed by atoms with Gasteiger partial charge in [0.2, 0.25) is 0 Å². The van der Waals surface area contributed by atoms with E-state index in [1.54, 1.807) is 12.2 Å². The van der Waals surface area contributed by atoms with Crippen LogP contribution in [0.1, 0.15) is 6.92 Å². The maximum absolute atomic E-state index is 9.93. The molecule has 0 aromatic rings. The molecule has 0 bridgehead atoms. The molecule has 0 heterocycles. The predicted octanol–water partition coefficient (Wildman–Crippen LogP) is 1.01. The highest BCUT2D eigenvalue weighted by molar-refractivity contribution is 5.61. The Morgan fingerprint density at radius 1 is 1.75 bits per heavy atom. The molecule has 0 aliphatic carbocycles. The zero-order valence-electron chi connectivity index (χ0n) is 4.79. The molecule has 0 radical (unpaired) electrons. The maximum Gasteiger partial charge on any atom is 0.138 e. The maximum atomic E-state index is 9.93. The second-order valence-electron chi connectivity index (χ2n) is 1.35. The van der Waals surface area contributed by atoms with E-state index < -0.39 is 0 Å². The Hall–Kier alpha value is -1.03. The van der Waals surface area contributed by atoms with Crippen LogP contribution >= 0.6 is 0 Å². The summed E-state index contributed by atoms with van der Waals surface area (Å²) in [5.74, 6) is 1.96. The van der Waals surface area contributed by atoms with Crippen molar-refractivity contribution in [3.05, 3.63) is 12.2 Å². The van der Waals surface area contributed by atoms with E-state index in [0.717, 1.165) is 6.29 Å². The number of terminal acetylenes is 1. The lowest BCUT2D eigenvalue weighted by Gasteiger charge is -1.86. The largest absolute Gasteiger partial charge is 0.302 e. The summed E-state index contributed by atoms with van der Waals surface area (Å²) < 4.78 is 0. The summed E-state index contributed by atoms with van der Waals surface area (Å²) in [6, 6.07) is 0. The molecule has 0 aliphatic rings. The summed E-state index contributed by atoms with van der Waals surface area (Å²) in [6.45, 7) is 1.83. The van der Waals surface area contributed by atoms with Crippen molar-refractivity contribution in [2.75, 3.05) is 0 Å². The van der Waals surface area contributed by atoms with Gasteiger partial charge in [-0.25, -0.2) is 0 Å². The number of hydrogen-bond acceptors (Lipinski definition) is 1. The van der Waals surface area contributed by atoms with Gasteiger partial charge in [0.05, 0.1) is 5.92 Å². The van der Waals surface area contributed by atoms with Crippen LogP contribution in [0.25, 0.3) is 0 Å². The van der Waals surface area contributed by atoms with Crippen LogP contribution in [0.5, 0.6) is 0 Å². The third kappa shape index (κ3) is 2.20. The molecule has 0 aromatic carbocycles. The van der Waals surface area contributed by atoms with E-state index in [2.05, 4.69) is 5.92 Å². The van der Waals surface area contributed by atoms with Gasteiger partial charge in [0.15, 0.2) is 0 Å². The standard InChI is InChI=1S/C7H8O/c1-3-5-7(4-2)6-8/h2-3,5-7H,1H3/b5-3-. The first kappa shape index (κ1) is 6.97. The van der Waals surface area contributed by atoms with Crippen LogP contribution in [-0.4, -0.2) is 6.29 Å². The molecular formula is C7H8O. The highest BCUT2D eigenvalue weighted by atomic mass is 16.1. The molecular weight excluding hydrogens is 100 g/mol. The Bertz CT molecular complexity index is 128. The van der Waals surface area contributed by atoms with Crippen LogP contribution in [-0.2, 0) is 4.79 Å². The fourth-order valence-corrected chi connectivity index (χ4v) is 0.348. The summed E-state index contributed by atoms with van der Waals surface area (Å²) >= 11 is 0. The molecule has 8 heavy (non-hydrogen) atoms. The lowest BCUT2D eigenvalue weighted by molar-refractivity contribution is -0.108. The fourth-order valence-electron chi connectivity index (χ4n) is 0.348. The third-order valence-electron chi connectivity index (χ3n) is 0.739. The molecule has 0 spiro atoms. The number of rotatable bonds is 2. The Balaban J connectivity index is 3.75. The molecule has 42 valence electrons. The molecule has 1 heteroatoms. The lowest BCUT2D eigenvalue weighted by Crippen LogP contribution is -1.90. The van der Waals surface area contributed by atoms with Crippen LogP contribution < -0.4 is 0 Å². The van der Waals surface area contributed by atoms with E-state index in [0.29, 0.717) is 0 Å².